The molecule has 25 heavy (non-hydrogen) atoms. The summed E-state index contributed by atoms with van der Waals surface area (Å²) in [4.78, 5) is 17.5. The molecule has 0 atom stereocenters. The molecule has 0 saturated heterocycles. The fraction of sp³-hybridized carbons (Fsp3) is 0.0500. The van der Waals surface area contributed by atoms with Gasteiger partial charge in [0.1, 0.15) is 0 Å². The Balaban J connectivity index is 1.89. The molecule has 5 heteroatoms. The molecule has 0 saturated carbocycles. The van der Waals surface area contributed by atoms with Gasteiger partial charge in [-0.25, -0.2) is 0 Å². The summed E-state index contributed by atoms with van der Waals surface area (Å²) < 4.78 is 6.44. The Morgan fingerprint density at radius 1 is 0.920 bits per heavy atom. The van der Waals surface area contributed by atoms with Gasteiger partial charge in [-0.15, -0.1) is 5.10 Å². The lowest BCUT2D eigenvalue weighted by Crippen LogP contribution is -2.15. The quantitative estimate of drug-likeness (QED) is 0.574. The molecule has 0 bridgehead atoms. The van der Waals surface area contributed by atoms with Crippen molar-refractivity contribution >= 4 is 16.7 Å². The summed E-state index contributed by atoms with van der Waals surface area (Å²) in [6.45, 7) is 0. The van der Waals surface area contributed by atoms with Crippen LogP contribution in [0.1, 0.15) is 10.4 Å². The summed E-state index contributed by atoms with van der Waals surface area (Å²) in [6.07, 6.45) is 0. The first-order valence-corrected chi connectivity index (χ1v) is 7.87. The van der Waals surface area contributed by atoms with Crippen LogP contribution in [0.2, 0.25) is 0 Å². The Hall–Kier alpha value is -3.47. The van der Waals surface area contributed by atoms with Crippen LogP contribution < -0.4 is 4.74 Å². The summed E-state index contributed by atoms with van der Waals surface area (Å²) >= 11 is 0. The molecule has 0 radical (unpaired) electrons. The first-order valence-electron chi connectivity index (χ1n) is 7.87. The van der Waals surface area contributed by atoms with Crippen LogP contribution in [0.5, 0.6) is 6.01 Å². The normalized spacial score (nSPS) is 10.8. The predicted molar refractivity (Wildman–Crippen MR) is 95.7 cm³/mol. The van der Waals surface area contributed by atoms with E-state index in [0.717, 1.165) is 16.3 Å². The third-order valence-corrected chi connectivity index (χ3v) is 4.01. The number of rotatable bonds is 3. The zero-order valence-corrected chi connectivity index (χ0v) is 13.6. The highest BCUT2D eigenvalue weighted by molar-refractivity contribution is 6.08. The van der Waals surface area contributed by atoms with Crippen LogP contribution in [0.3, 0.4) is 0 Å². The minimum atomic E-state index is -0.244. The Morgan fingerprint density at radius 3 is 2.44 bits per heavy atom. The van der Waals surface area contributed by atoms with Crippen LogP contribution >= 0.6 is 0 Å². The second kappa shape index (κ2) is 6.20. The number of nitrogens with zero attached hydrogens (tertiary/aromatic N) is 3. The van der Waals surface area contributed by atoms with Gasteiger partial charge >= 0.3 is 6.01 Å². The lowest BCUT2D eigenvalue weighted by Gasteiger charge is -2.07. The number of methoxy groups -OCH3 is 1. The smallest absolute Gasteiger partial charge is 0.336 e. The van der Waals surface area contributed by atoms with E-state index in [0.29, 0.717) is 11.4 Å². The van der Waals surface area contributed by atoms with Gasteiger partial charge in [-0.05, 0) is 16.8 Å². The van der Waals surface area contributed by atoms with E-state index in [1.807, 2.05) is 66.7 Å². The maximum Gasteiger partial charge on any atom is 0.336 e. The SMILES string of the molecule is COc1nc(-c2ccccc2)n(C(=O)c2cccc3ccccc23)n1. The number of fused-ring (bicyclic) bond motifs is 1. The Morgan fingerprint density at radius 2 is 1.64 bits per heavy atom. The first kappa shape index (κ1) is 15.1. The van der Waals surface area contributed by atoms with E-state index in [2.05, 4.69) is 10.1 Å². The van der Waals surface area contributed by atoms with Gasteiger partial charge in [0.25, 0.3) is 5.91 Å². The molecule has 0 aliphatic heterocycles. The number of hydrogen-bond donors (Lipinski definition) is 0. The van der Waals surface area contributed by atoms with Gasteiger partial charge in [0.2, 0.25) is 0 Å². The van der Waals surface area contributed by atoms with Crippen molar-refractivity contribution in [2.75, 3.05) is 7.11 Å². The van der Waals surface area contributed by atoms with Gasteiger partial charge in [-0.3, -0.25) is 4.79 Å². The molecule has 4 aromatic rings. The maximum absolute atomic E-state index is 13.2. The molecule has 0 aliphatic rings. The average Bonchev–Trinajstić information content (AvgIpc) is 3.12. The molecule has 4 rings (SSSR count). The molecule has 1 heterocycles. The highest BCUT2D eigenvalue weighted by Crippen LogP contribution is 2.24. The van der Waals surface area contributed by atoms with E-state index in [9.17, 15) is 4.79 Å². The Bertz CT molecular complexity index is 1050. The topological polar surface area (TPSA) is 57.0 Å². The zero-order valence-electron chi connectivity index (χ0n) is 13.6. The molecule has 0 amide bonds. The van der Waals surface area contributed by atoms with Crippen molar-refractivity contribution < 1.29 is 9.53 Å². The van der Waals surface area contributed by atoms with E-state index in [-0.39, 0.29) is 11.9 Å². The molecule has 0 N–H and O–H groups in total. The van der Waals surface area contributed by atoms with Crippen LogP contribution in [0.15, 0.2) is 72.8 Å². The van der Waals surface area contributed by atoms with Crippen molar-refractivity contribution in [1.82, 2.24) is 14.8 Å². The summed E-state index contributed by atoms with van der Waals surface area (Å²) in [5, 5.41) is 6.10. The summed E-state index contributed by atoms with van der Waals surface area (Å²) in [6, 6.07) is 23.0. The molecule has 0 spiro atoms. The average molecular weight is 329 g/mol. The highest BCUT2D eigenvalue weighted by atomic mass is 16.5. The molecular weight excluding hydrogens is 314 g/mol. The fourth-order valence-electron chi connectivity index (χ4n) is 2.82. The highest BCUT2D eigenvalue weighted by Gasteiger charge is 2.20. The van der Waals surface area contributed by atoms with Gasteiger partial charge in [0.15, 0.2) is 5.82 Å². The molecule has 3 aromatic carbocycles. The van der Waals surface area contributed by atoms with E-state index in [4.69, 9.17) is 4.74 Å². The molecule has 0 fully saturated rings. The van der Waals surface area contributed by atoms with E-state index in [1.165, 1.54) is 11.8 Å². The van der Waals surface area contributed by atoms with Crippen LogP contribution in [-0.4, -0.2) is 27.8 Å². The lowest BCUT2D eigenvalue weighted by molar-refractivity contribution is 0.0947. The molecule has 5 nitrogen and oxygen atoms in total. The fourth-order valence-corrected chi connectivity index (χ4v) is 2.82. The van der Waals surface area contributed by atoms with Crippen LogP contribution in [0.4, 0.5) is 0 Å². The van der Waals surface area contributed by atoms with Crippen molar-refractivity contribution in [1.29, 1.82) is 0 Å². The van der Waals surface area contributed by atoms with Crippen molar-refractivity contribution in [3.8, 4) is 17.4 Å². The molecule has 0 unspecified atom stereocenters. The summed E-state index contributed by atoms with van der Waals surface area (Å²) in [5.41, 5.74) is 1.37. The van der Waals surface area contributed by atoms with Crippen molar-refractivity contribution in [2.45, 2.75) is 0 Å². The largest absolute Gasteiger partial charge is 0.466 e. The van der Waals surface area contributed by atoms with Gasteiger partial charge in [0, 0.05) is 11.1 Å². The van der Waals surface area contributed by atoms with Gasteiger partial charge in [-0.1, -0.05) is 66.7 Å². The molecule has 1 aromatic heterocycles. The second-order valence-electron chi connectivity index (χ2n) is 5.53. The number of carbonyl (C=O) groups excluding carboxylic acids is 1. The minimum Gasteiger partial charge on any atom is -0.466 e. The number of benzene rings is 3. The number of aromatic nitrogens is 3. The van der Waals surface area contributed by atoms with Crippen molar-refractivity contribution in [2.24, 2.45) is 0 Å². The Labute approximate surface area is 144 Å². The van der Waals surface area contributed by atoms with Crippen LogP contribution in [0, 0.1) is 0 Å². The predicted octanol–water partition coefficient (Wildman–Crippen LogP) is 3.80. The van der Waals surface area contributed by atoms with Gasteiger partial charge < -0.3 is 4.74 Å². The number of ether oxygens (including phenoxy) is 1. The minimum absolute atomic E-state index is 0.160. The summed E-state index contributed by atoms with van der Waals surface area (Å²) in [7, 11) is 1.48. The molecule has 122 valence electrons. The van der Waals surface area contributed by atoms with E-state index < -0.39 is 0 Å². The standard InChI is InChI=1S/C20H15N3O2/c1-25-20-21-18(15-9-3-2-4-10-15)23(22-20)19(24)17-13-7-11-14-8-5-6-12-16(14)17/h2-13H,1H3. The first-order chi connectivity index (χ1) is 12.3. The molecular formula is C20H15N3O2. The number of hydrogen-bond acceptors (Lipinski definition) is 4. The van der Waals surface area contributed by atoms with E-state index in [1.54, 1.807) is 6.07 Å². The lowest BCUT2D eigenvalue weighted by atomic mass is 10.0. The Kier molecular flexibility index (Phi) is 3.74. The van der Waals surface area contributed by atoms with Crippen molar-refractivity contribution in [3.05, 3.63) is 78.4 Å². The van der Waals surface area contributed by atoms with Gasteiger partial charge in [-0.2, -0.15) is 9.67 Å². The van der Waals surface area contributed by atoms with Crippen LogP contribution in [-0.2, 0) is 0 Å². The van der Waals surface area contributed by atoms with E-state index >= 15 is 0 Å². The van der Waals surface area contributed by atoms with Crippen LogP contribution in [0.25, 0.3) is 22.2 Å². The summed E-state index contributed by atoms with van der Waals surface area (Å²) in [5.74, 6) is 0.210. The maximum atomic E-state index is 13.2. The third-order valence-electron chi connectivity index (χ3n) is 4.01. The third kappa shape index (κ3) is 2.65. The van der Waals surface area contributed by atoms with Crippen molar-refractivity contribution in [3.63, 3.8) is 0 Å². The second-order valence-corrected chi connectivity index (χ2v) is 5.53. The monoisotopic (exact) mass is 329 g/mol. The number of carbonyl (C=O) groups is 1. The molecule has 0 aliphatic carbocycles. The van der Waals surface area contributed by atoms with Gasteiger partial charge in [0.05, 0.1) is 7.11 Å². The zero-order chi connectivity index (χ0) is 17.2.